The molecular formula is C20H18N6O2. The first-order chi connectivity index (χ1) is 13.6. The van der Waals surface area contributed by atoms with E-state index in [1.807, 2.05) is 13.0 Å². The van der Waals surface area contributed by atoms with Crippen LogP contribution in [0.15, 0.2) is 36.8 Å². The molecule has 4 rings (SSSR count). The molecule has 1 aliphatic rings. The Kier molecular flexibility index (Phi) is 4.49. The van der Waals surface area contributed by atoms with E-state index in [-0.39, 0.29) is 17.7 Å². The molecule has 3 aromatic heterocycles. The van der Waals surface area contributed by atoms with Gasteiger partial charge in [-0.25, -0.2) is 9.97 Å². The van der Waals surface area contributed by atoms with Crippen LogP contribution in [0.5, 0.6) is 5.75 Å². The van der Waals surface area contributed by atoms with Crippen LogP contribution in [0.1, 0.15) is 13.3 Å². The highest BCUT2D eigenvalue weighted by molar-refractivity contribution is 5.98. The number of hydrogen-bond acceptors (Lipinski definition) is 7. The number of anilines is 2. The van der Waals surface area contributed by atoms with Gasteiger partial charge in [0.15, 0.2) is 0 Å². The highest BCUT2D eigenvalue weighted by Crippen LogP contribution is 2.38. The Hall–Kier alpha value is -3.73. The SMILES string of the molecule is CCOc1ccncc1-c1cc2cc(NC(=O)[C@@H]3CC3C#N)ncc2c(N)n1. The molecule has 3 heterocycles. The lowest BCUT2D eigenvalue weighted by Crippen LogP contribution is -2.15. The number of amides is 1. The van der Waals surface area contributed by atoms with Crippen LogP contribution < -0.4 is 15.8 Å². The highest BCUT2D eigenvalue weighted by Gasteiger charge is 2.43. The molecule has 1 unspecified atom stereocenters. The van der Waals surface area contributed by atoms with Gasteiger partial charge in [-0.05, 0) is 36.9 Å². The van der Waals surface area contributed by atoms with E-state index in [1.165, 1.54) is 0 Å². The van der Waals surface area contributed by atoms with Gasteiger partial charge in [-0.2, -0.15) is 5.26 Å². The lowest BCUT2D eigenvalue weighted by molar-refractivity contribution is -0.117. The smallest absolute Gasteiger partial charge is 0.230 e. The second-order valence-electron chi connectivity index (χ2n) is 6.56. The van der Waals surface area contributed by atoms with Crippen LogP contribution in [0.3, 0.4) is 0 Å². The number of rotatable bonds is 5. The molecule has 1 fully saturated rings. The third-order valence-electron chi connectivity index (χ3n) is 4.65. The summed E-state index contributed by atoms with van der Waals surface area (Å²) < 4.78 is 5.66. The average Bonchev–Trinajstić information content (AvgIpc) is 3.48. The molecule has 0 saturated heterocycles. The second-order valence-corrected chi connectivity index (χ2v) is 6.56. The fourth-order valence-electron chi connectivity index (χ4n) is 3.08. The molecule has 28 heavy (non-hydrogen) atoms. The lowest BCUT2D eigenvalue weighted by atomic mass is 10.1. The maximum atomic E-state index is 12.2. The molecule has 8 heteroatoms. The monoisotopic (exact) mass is 374 g/mol. The average molecular weight is 374 g/mol. The van der Waals surface area contributed by atoms with E-state index < -0.39 is 0 Å². The molecule has 2 atom stereocenters. The fourth-order valence-corrected chi connectivity index (χ4v) is 3.08. The summed E-state index contributed by atoms with van der Waals surface area (Å²) in [5.41, 5.74) is 7.48. The molecule has 3 aromatic rings. The summed E-state index contributed by atoms with van der Waals surface area (Å²) in [5, 5.41) is 13.1. The Balaban J connectivity index is 1.69. The predicted molar refractivity (Wildman–Crippen MR) is 104 cm³/mol. The molecule has 8 nitrogen and oxygen atoms in total. The van der Waals surface area contributed by atoms with Crippen LogP contribution in [0.4, 0.5) is 11.6 Å². The number of nitriles is 1. The molecule has 1 saturated carbocycles. The molecule has 0 spiro atoms. The molecule has 0 radical (unpaired) electrons. The summed E-state index contributed by atoms with van der Waals surface area (Å²) in [4.78, 5) is 25.0. The first-order valence-corrected chi connectivity index (χ1v) is 8.94. The Morgan fingerprint density at radius 2 is 2.29 bits per heavy atom. The summed E-state index contributed by atoms with van der Waals surface area (Å²) in [5.74, 6) is 0.762. The largest absolute Gasteiger partial charge is 0.493 e. The Morgan fingerprint density at radius 3 is 3.04 bits per heavy atom. The van der Waals surface area contributed by atoms with Crippen molar-refractivity contribution in [3.05, 3.63) is 36.8 Å². The third-order valence-corrected chi connectivity index (χ3v) is 4.65. The number of fused-ring (bicyclic) bond motifs is 1. The van der Waals surface area contributed by atoms with Crippen LogP contribution >= 0.6 is 0 Å². The first kappa shape index (κ1) is 17.7. The van der Waals surface area contributed by atoms with E-state index in [1.54, 1.807) is 30.7 Å². The number of pyridine rings is 3. The molecular weight excluding hydrogens is 356 g/mol. The van der Waals surface area contributed by atoms with Gasteiger partial charge < -0.3 is 15.8 Å². The van der Waals surface area contributed by atoms with Gasteiger partial charge in [0.25, 0.3) is 0 Å². The summed E-state index contributed by atoms with van der Waals surface area (Å²) in [6.45, 7) is 2.43. The molecule has 1 amide bonds. The van der Waals surface area contributed by atoms with Crippen LogP contribution in [0.2, 0.25) is 0 Å². The van der Waals surface area contributed by atoms with E-state index >= 15 is 0 Å². The quantitative estimate of drug-likeness (QED) is 0.703. The van der Waals surface area contributed by atoms with Crippen molar-refractivity contribution in [2.75, 3.05) is 17.7 Å². The zero-order chi connectivity index (χ0) is 19.7. The molecule has 0 aliphatic heterocycles. The number of ether oxygens (including phenoxy) is 1. The van der Waals surface area contributed by atoms with Crippen molar-refractivity contribution in [2.24, 2.45) is 11.8 Å². The second kappa shape index (κ2) is 7.12. The van der Waals surface area contributed by atoms with Gasteiger partial charge in [-0.3, -0.25) is 9.78 Å². The van der Waals surface area contributed by atoms with Crippen molar-refractivity contribution in [1.82, 2.24) is 15.0 Å². The minimum Gasteiger partial charge on any atom is -0.493 e. The number of nitrogens with one attached hydrogen (secondary N) is 1. The zero-order valence-corrected chi connectivity index (χ0v) is 15.2. The van der Waals surface area contributed by atoms with E-state index in [0.717, 1.165) is 10.9 Å². The summed E-state index contributed by atoms with van der Waals surface area (Å²) in [7, 11) is 0. The van der Waals surface area contributed by atoms with Gasteiger partial charge in [0, 0.05) is 24.0 Å². The maximum Gasteiger partial charge on any atom is 0.230 e. The Bertz CT molecular complexity index is 1110. The van der Waals surface area contributed by atoms with Gasteiger partial charge in [-0.1, -0.05) is 0 Å². The molecule has 140 valence electrons. The normalized spacial score (nSPS) is 17.7. The van der Waals surface area contributed by atoms with Crippen LogP contribution in [-0.4, -0.2) is 27.5 Å². The van der Waals surface area contributed by atoms with Gasteiger partial charge in [0.1, 0.15) is 17.4 Å². The zero-order valence-electron chi connectivity index (χ0n) is 15.2. The number of nitrogen functional groups attached to an aromatic ring is 1. The lowest BCUT2D eigenvalue weighted by Gasteiger charge is -2.11. The Morgan fingerprint density at radius 1 is 1.43 bits per heavy atom. The number of aromatic nitrogens is 3. The molecule has 1 aliphatic carbocycles. The van der Waals surface area contributed by atoms with Gasteiger partial charge in [0.2, 0.25) is 5.91 Å². The predicted octanol–water partition coefficient (Wildman–Crippen LogP) is 2.77. The summed E-state index contributed by atoms with van der Waals surface area (Å²) >= 11 is 0. The standard InChI is InChI=1S/C20H18N6O2/c1-2-28-17-3-4-23-9-15(17)16-6-11-7-18(24-10-14(11)19(22)25-16)26-20(27)13-5-12(13)8-21/h3-4,6-7,9-10,12-13H,2,5H2,1H3,(H2,22,25)(H,24,26,27)/t12?,13-/m1/s1. The summed E-state index contributed by atoms with van der Waals surface area (Å²) in [6, 6.07) is 7.49. The maximum absolute atomic E-state index is 12.2. The third kappa shape index (κ3) is 3.30. The first-order valence-electron chi connectivity index (χ1n) is 8.94. The number of nitrogens with zero attached hydrogens (tertiary/aromatic N) is 4. The van der Waals surface area contributed by atoms with Crippen molar-refractivity contribution in [3.8, 4) is 23.1 Å². The van der Waals surface area contributed by atoms with Crippen molar-refractivity contribution in [3.63, 3.8) is 0 Å². The summed E-state index contributed by atoms with van der Waals surface area (Å²) in [6.07, 6.45) is 5.51. The Labute approximate surface area is 161 Å². The van der Waals surface area contributed by atoms with Crippen LogP contribution in [0, 0.1) is 23.2 Å². The van der Waals surface area contributed by atoms with Gasteiger partial charge >= 0.3 is 0 Å². The molecule has 0 bridgehead atoms. The number of carbonyl (C=O) groups is 1. The van der Waals surface area contributed by atoms with E-state index in [0.29, 0.717) is 41.5 Å². The van der Waals surface area contributed by atoms with E-state index in [4.69, 9.17) is 15.7 Å². The van der Waals surface area contributed by atoms with Gasteiger partial charge in [0.05, 0.1) is 35.8 Å². The number of hydrogen-bond donors (Lipinski definition) is 2. The van der Waals surface area contributed by atoms with Crippen molar-refractivity contribution >= 4 is 28.3 Å². The molecule has 0 aromatic carbocycles. The van der Waals surface area contributed by atoms with Gasteiger partial charge in [-0.15, -0.1) is 0 Å². The molecule has 3 N–H and O–H groups in total. The number of nitrogens with two attached hydrogens (primary N) is 1. The fraction of sp³-hybridized carbons (Fsp3) is 0.250. The minimum atomic E-state index is -0.260. The van der Waals surface area contributed by atoms with E-state index in [2.05, 4.69) is 26.3 Å². The van der Waals surface area contributed by atoms with E-state index in [9.17, 15) is 4.79 Å². The topological polar surface area (TPSA) is 127 Å². The van der Waals surface area contributed by atoms with Crippen molar-refractivity contribution in [2.45, 2.75) is 13.3 Å². The minimum absolute atomic E-state index is 0.188. The van der Waals surface area contributed by atoms with Crippen LogP contribution in [-0.2, 0) is 4.79 Å². The van der Waals surface area contributed by atoms with Crippen molar-refractivity contribution < 1.29 is 9.53 Å². The van der Waals surface area contributed by atoms with Crippen LogP contribution in [0.25, 0.3) is 22.0 Å². The number of carbonyl (C=O) groups excluding carboxylic acids is 1. The van der Waals surface area contributed by atoms with Crippen molar-refractivity contribution in [1.29, 1.82) is 5.26 Å². The highest BCUT2D eigenvalue weighted by atomic mass is 16.5.